The van der Waals surface area contributed by atoms with Gasteiger partial charge in [0.1, 0.15) is 29.0 Å². The Bertz CT molecular complexity index is 1030. The van der Waals surface area contributed by atoms with E-state index in [0.29, 0.717) is 30.2 Å². The predicted molar refractivity (Wildman–Crippen MR) is 101 cm³/mol. The number of amides is 2. The van der Waals surface area contributed by atoms with Crippen LogP contribution in [0, 0.1) is 11.3 Å². The van der Waals surface area contributed by atoms with E-state index in [0.717, 1.165) is 12.1 Å². The number of carbonyl (C=O) groups is 2. The van der Waals surface area contributed by atoms with Crippen molar-refractivity contribution in [3.8, 4) is 23.1 Å². The van der Waals surface area contributed by atoms with Gasteiger partial charge in [-0.05, 0) is 30.7 Å². The van der Waals surface area contributed by atoms with Gasteiger partial charge >= 0.3 is 6.36 Å². The number of hydrogen-bond acceptors (Lipinski definition) is 6. The van der Waals surface area contributed by atoms with Crippen LogP contribution in [0.4, 0.5) is 13.2 Å². The first-order valence-corrected chi connectivity index (χ1v) is 9.27. The molecule has 3 rings (SSSR count). The minimum atomic E-state index is -4.80. The lowest BCUT2D eigenvalue weighted by Gasteiger charge is -2.30. The normalized spacial score (nSPS) is 14.5. The van der Waals surface area contributed by atoms with Crippen molar-refractivity contribution in [1.29, 1.82) is 5.26 Å². The SMILES string of the molecule is N#Cc1c(-c2ccc(OC(F)(F)F)cc2)nc2n1CCN(C(=O)[C@@H](N)CCC(N)=O)C2. The molecule has 4 N–H and O–H groups in total. The third-order valence-corrected chi connectivity index (χ3v) is 4.77. The maximum absolute atomic E-state index is 12.5. The van der Waals surface area contributed by atoms with Gasteiger partial charge in [-0.15, -0.1) is 13.2 Å². The van der Waals surface area contributed by atoms with Crippen LogP contribution in [0.15, 0.2) is 24.3 Å². The lowest BCUT2D eigenvalue weighted by Crippen LogP contribution is -2.47. The van der Waals surface area contributed by atoms with Crippen molar-refractivity contribution in [3.63, 3.8) is 0 Å². The molecule has 1 aromatic heterocycles. The molecule has 1 atom stereocenters. The Morgan fingerprint density at radius 1 is 1.26 bits per heavy atom. The second-order valence-corrected chi connectivity index (χ2v) is 6.93. The van der Waals surface area contributed by atoms with Gasteiger partial charge in [0.25, 0.3) is 0 Å². The number of alkyl halides is 3. The highest BCUT2D eigenvalue weighted by Gasteiger charge is 2.32. The number of rotatable bonds is 6. The van der Waals surface area contributed by atoms with Gasteiger partial charge in [-0.3, -0.25) is 9.59 Å². The monoisotopic (exact) mass is 436 g/mol. The fraction of sp³-hybridized carbons (Fsp3) is 0.368. The third-order valence-electron chi connectivity index (χ3n) is 4.77. The quantitative estimate of drug-likeness (QED) is 0.699. The van der Waals surface area contributed by atoms with Crippen LogP contribution in [0.25, 0.3) is 11.3 Å². The summed E-state index contributed by atoms with van der Waals surface area (Å²) in [5.74, 6) is -0.846. The number of imidazole rings is 1. The van der Waals surface area contributed by atoms with E-state index in [1.807, 2.05) is 0 Å². The van der Waals surface area contributed by atoms with Crippen LogP contribution in [-0.4, -0.2) is 45.2 Å². The minimum Gasteiger partial charge on any atom is -0.406 e. The van der Waals surface area contributed by atoms with E-state index < -0.39 is 18.3 Å². The van der Waals surface area contributed by atoms with Gasteiger partial charge in [0.15, 0.2) is 0 Å². The Kier molecular flexibility index (Phi) is 6.16. The van der Waals surface area contributed by atoms with E-state index in [1.54, 1.807) is 4.57 Å². The second-order valence-electron chi connectivity index (χ2n) is 6.93. The van der Waals surface area contributed by atoms with E-state index in [2.05, 4.69) is 15.8 Å². The lowest BCUT2D eigenvalue weighted by molar-refractivity contribution is -0.274. The van der Waals surface area contributed by atoms with Crippen LogP contribution in [0.1, 0.15) is 24.4 Å². The summed E-state index contributed by atoms with van der Waals surface area (Å²) in [4.78, 5) is 29.4. The summed E-state index contributed by atoms with van der Waals surface area (Å²) in [6.45, 7) is 0.695. The van der Waals surface area contributed by atoms with Crippen molar-refractivity contribution in [2.24, 2.45) is 11.5 Å². The minimum absolute atomic E-state index is 0.00779. The number of primary amides is 1. The molecule has 0 spiro atoms. The second kappa shape index (κ2) is 8.65. The molecule has 0 bridgehead atoms. The Morgan fingerprint density at radius 2 is 1.94 bits per heavy atom. The van der Waals surface area contributed by atoms with Crippen LogP contribution in [-0.2, 0) is 22.7 Å². The van der Waals surface area contributed by atoms with Crippen molar-refractivity contribution in [1.82, 2.24) is 14.5 Å². The Balaban J connectivity index is 1.80. The first-order valence-electron chi connectivity index (χ1n) is 9.27. The molecule has 1 aliphatic rings. The van der Waals surface area contributed by atoms with Gasteiger partial charge in [-0.2, -0.15) is 5.26 Å². The zero-order valence-electron chi connectivity index (χ0n) is 16.2. The van der Waals surface area contributed by atoms with Gasteiger partial charge in [-0.1, -0.05) is 0 Å². The van der Waals surface area contributed by atoms with Crippen LogP contribution in [0.3, 0.4) is 0 Å². The molecule has 2 amide bonds. The van der Waals surface area contributed by atoms with Gasteiger partial charge < -0.3 is 25.7 Å². The number of hydrogen-bond donors (Lipinski definition) is 2. The summed E-state index contributed by atoms with van der Waals surface area (Å²) in [5, 5.41) is 9.59. The summed E-state index contributed by atoms with van der Waals surface area (Å²) < 4.78 is 42.5. The van der Waals surface area contributed by atoms with Crippen molar-refractivity contribution in [2.75, 3.05) is 6.54 Å². The van der Waals surface area contributed by atoms with E-state index in [-0.39, 0.29) is 36.7 Å². The largest absolute Gasteiger partial charge is 0.573 e. The fourth-order valence-corrected chi connectivity index (χ4v) is 3.30. The number of halogens is 3. The molecule has 0 radical (unpaired) electrons. The lowest BCUT2D eigenvalue weighted by atomic mass is 10.1. The third kappa shape index (κ3) is 5.13. The number of fused-ring (bicyclic) bond motifs is 1. The van der Waals surface area contributed by atoms with Crippen molar-refractivity contribution in [2.45, 2.75) is 38.3 Å². The van der Waals surface area contributed by atoms with Gasteiger partial charge in [-0.25, -0.2) is 4.98 Å². The number of nitrogens with two attached hydrogens (primary N) is 2. The molecular formula is C19H19F3N6O3. The molecule has 2 heterocycles. The van der Waals surface area contributed by atoms with Crippen molar-refractivity contribution >= 4 is 11.8 Å². The average Bonchev–Trinajstić information content (AvgIpc) is 3.08. The molecule has 9 nitrogen and oxygen atoms in total. The molecule has 12 heteroatoms. The smallest absolute Gasteiger partial charge is 0.406 e. The maximum atomic E-state index is 12.5. The highest BCUT2D eigenvalue weighted by Crippen LogP contribution is 2.29. The highest BCUT2D eigenvalue weighted by molar-refractivity contribution is 5.83. The van der Waals surface area contributed by atoms with Gasteiger partial charge in [0.05, 0.1) is 12.6 Å². The summed E-state index contributed by atoms with van der Waals surface area (Å²) in [6.07, 6.45) is -4.69. The first kappa shape index (κ1) is 22.1. The number of benzene rings is 1. The summed E-state index contributed by atoms with van der Waals surface area (Å²) >= 11 is 0. The Morgan fingerprint density at radius 3 is 2.52 bits per heavy atom. The molecular weight excluding hydrogens is 417 g/mol. The van der Waals surface area contributed by atoms with E-state index >= 15 is 0 Å². The van der Waals surface area contributed by atoms with Crippen molar-refractivity contribution < 1.29 is 27.5 Å². The molecule has 0 aliphatic carbocycles. The van der Waals surface area contributed by atoms with E-state index in [1.165, 1.54) is 17.0 Å². The first-order chi connectivity index (χ1) is 14.6. The topological polar surface area (TPSA) is 140 Å². The molecule has 1 aliphatic heterocycles. The zero-order valence-corrected chi connectivity index (χ0v) is 16.2. The summed E-state index contributed by atoms with van der Waals surface area (Å²) in [6, 6.07) is 6.20. The molecule has 0 saturated heterocycles. The number of aromatic nitrogens is 2. The predicted octanol–water partition coefficient (Wildman–Crippen LogP) is 1.26. The number of ether oxygens (including phenoxy) is 1. The number of nitrogens with zero attached hydrogens (tertiary/aromatic N) is 4. The standard InChI is InChI=1S/C19H19F3N6O3/c20-19(21,22)31-12-3-1-11(2-4-12)17-14(9-23)28-8-7-27(10-16(28)26-17)18(30)13(24)5-6-15(25)29/h1-4,13H,5-8,10,24H2,(H2,25,29)/t13-/m0/s1. The fourth-order valence-electron chi connectivity index (χ4n) is 3.30. The van der Waals surface area contributed by atoms with E-state index in [9.17, 15) is 28.0 Å². The van der Waals surface area contributed by atoms with Crippen LogP contribution < -0.4 is 16.2 Å². The summed E-state index contributed by atoms with van der Waals surface area (Å²) in [7, 11) is 0. The average molecular weight is 436 g/mol. The number of nitriles is 1. The van der Waals surface area contributed by atoms with Gasteiger partial charge in [0.2, 0.25) is 11.8 Å². The molecule has 0 unspecified atom stereocenters. The number of carbonyl (C=O) groups excluding carboxylic acids is 2. The van der Waals surface area contributed by atoms with E-state index in [4.69, 9.17) is 11.5 Å². The van der Waals surface area contributed by atoms with Gasteiger partial charge in [0, 0.05) is 25.1 Å². The van der Waals surface area contributed by atoms with Crippen LogP contribution in [0.2, 0.25) is 0 Å². The molecule has 0 fully saturated rings. The molecule has 1 aromatic carbocycles. The van der Waals surface area contributed by atoms with Crippen molar-refractivity contribution in [3.05, 3.63) is 35.8 Å². The zero-order chi connectivity index (χ0) is 22.8. The van der Waals surface area contributed by atoms with Crippen LogP contribution >= 0.6 is 0 Å². The molecule has 2 aromatic rings. The Labute approximate surface area is 175 Å². The summed E-state index contributed by atoms with van der Waals surface area (Å²) in [5.41, 5.74) is 11.9. The Hall–Kier alpha value is -3.59. The molecule has 164 valence electrons. The highest BCUT2D eigenvalue weighted by atomic mass is 19.4. The van der Waals surface area contributed by atoms with Crippen LogP contribution in [0.5, 0.6) is 5.75 Å². The molecule has 31 heavy (non-hydrogen) atoms. The maximum Gasteiger partial charge on any atom is 0.573 e. The molecule has 0 saturated carbocycles.